The number of nitrogens with one attached hydrogen (secondary N) is 1. The molecule has 0 radical (unpaired) electrons. The Morgan fingerprint density at radius 3 is 2.50 bits per heavy atom. The van der Waals surface area contributed by atoms with E-state index < -0.39 is 0 Å². The largest absolute Gasteiger partial charge is 0.447 e. The van der Waals surface area contributed by atoms with Crippen molar-refractivity contribution in [2.75, 3.05) is 36.4 Å². The first-order chi connectivity index (χ1) is 13.7. The molecule has 0 aliphatic carbocycles. The van der Waals surface area contributed by atoms with Crippen LogP contribution in [0.5, 0.6) is 0 Å². The third-order valence-corrected chi connectivity index (χ3v) is 5.06. The summed E-state index contributed by atoms with van der Waals surface area (Å²) < 4.78 is 5.51. The first-order valence-electron chi connectivity index (χ1n) is 9.22. The molecule has 144 valence electrons. The molecule has 1 N–H and O–H groups in total. The van der Waals surface area contributed by atoms with Crippen LogP contribution in [0.25, 0.3) is 0 Å². The highest BCUT2D eigenvalue weighted by Gasteiger charge is 2.21. The van der Waals surface area contributed by atoms with Crippen LogP contribution in [0.2, 0.25) is 5.02 Å². The van der Waals surface area contributed by atoms with Gasteiger partial charge in [0.15, 0.2) is 5.69 Å². The molecule has 2 heterocycles. The van der Waals surface area contributed by atoms with E-state index in [0.717, 1.165) is 42.6 Å². The van der Waals surface area contributed by atoms with Crippen molar-refractivity contribution in [2.24, 2.45) is 0 Å². The zero-order valence-corrected chi connectivity index (χ0v) is 16.1. The Morgan fingerprint density at radius 1 is 1.04 bits per heavy atom. The smallest absolute Gasteiger partial charge is 0.277 e. The number of carbonyl (C=O) groups is 1. The minimum Gasteiger partial charge on any atom is -0.447 e. The average molecular weight is 397 g/mol. The molecular formula is C21H21ClN4O2. The Morgan fingerprint density at radius 2 is 1.75 bits per heavy atom. The van der Waals surface area contributed by atoms with E-state index in [1.165, 1.54) is 6.26 Å². The van der Waals surface area contributed by atoms with Gasteiger partial charge in [-0.3, -0.25) is 9.69 Å². The van der Waals surface area contributed by atoms with Gasteiger partial charge in [-0.2, -0.15) is 0 Å². The van der Waals surface area contributed by atoms with Gasteiger partial charge in [-0.25, -0.2) is 4.98 Å². The van der Waals surface area contributed by atoms with Gasteiger partial charge in [-0.15, -0.1) is 0 Å². The van der Waals surface area contributed by atoms with E-state index in [-0.39, 0.29) is 11.6 Å². The summed E-state index contributed by atoms with van der Waals surface area (Å²) in [4.78, 5) is 21.2. The molecule has 1 aliphatic heterocycles. The van der Waals surface area contributed by atoms with E-state index in [1.807, 2.05) is 54.6 Å². The number of anilines is 2. The van der Waals surface area contributed by atoms with Gasteiger partial charge in [-0.05, 0) is 24.3 Å². The SMILES string of the molecule is O=C(Nc1ccccc1)c1coc(CN2CCN(c3ccccc3Cl)CC2)n1. The second-order valence-electron chi connectivity index (χ2n) is 6.66. The minimum absolute atomic E-state index is 0.273. The van der Waals surface area contributed by atoms with Gasteiger partial charge in [0, 0.05) is 31.9 Å². The number of oxazole rings is 1. The minimum atomic E-state index is -0.273. The molecule has 1 aromatic heterocycles. The van der Waals surface area contributed by atoms with Gasteiger partial charge < -0.3 is 14.6 Å². The first-order valence-corrected chi connectivity index (χ1v) is 9.59. The molecule has 4 rings (SSSR count). The zero-order valence-electron chi connectivity index (χ0n) is 15.3. The van der Waals surface area contributed by atoms with Gasteiger partial charge in [0.25, 0.3) is 5.91 Å². The summed E-state index contributed by atoms with van der Waals surface area (Å²) >= 11 is 6.30. The maximum Gasteiger partial charge on any atom is 0.277 e. The van der Waals surface area contributed by atoms with Crippen LogP contribution in [0.4, 0.5) is 11.4 Å². The van der Waals surface area contributed by atoms with E-state index in [1.54, 1.807) is 0 Å². The number of piperazine rings is 1. The fourth-order valence-electron chi connectivity index (χ4n) is 3.25. The predicted octanol–water partition coefficient (Wildman–Crippen LogP) is 3.90. The number of para-hydroxylation sites is 2. The summed E-state index contributed by atoms with van der Waals surface area (Å²) in [5.74, 6) is 0.272. The molecule has 7 heteroatoms. The quantitative estimate of drug-likeness (QED) is 0.708. The first kappa shape index (κ1) is 18.5. The summed E-state index contributed by atoms with van der Waals surface area (Å²) in [6, 6.07) is 17.2. The van der Waals surface area contributed by atoms with Crippen LogP contribution in [0.1, 0.15) is 16.4 Å². The van der Waals surface area contributed by atoms with Crippen molar-refractivity contribution in [3.8, 4) is 0 Å². The van der Waals surface area contributed by atoms with E-state index in [9.17, 15) is 4.79 Å². The Labute approximate surface area is 168 Å². The molecule has 0 bridgehead atoms. The van der Waals surface area contributed by atoms with E-state index >= 15 is 0 Å². The van der Waals surface area contributed by atoms with Crippen LogP contribution >= 0.6 is 11.6 Å². The Kier molecular flexibility index (Phi) is 5.60. The molecule has 0 unspecified atom stereocenters. The Hall–Kier alpha value is -2.83. The molecule has 3 aromatic rings. The highest BCUT2D eigenvalue weighted by atomic mass is 35.5. The number of halogens is 1. The van der Waals surface area contributed by atoms with E-state index in [0.29, 0.717) is 12.4 Å². The second kappa shape index (κ2) is 8.46. The van der Waals surface area contributed by atoms with Crippen LogP contribution < -0.4 is 10.2 Å². The molecule has 6 nitrogen and oxygen atoms in total. The van der Waals surface area contributed by atoms with Crippen LogP contribution in [0.3, 0.4) is 0 Å². The van der Waals surface area contributed by atoms with Crippen LogP contribution in [-0.2, 0) is 6.54 Å². The zero-order chi connectivity index (χ0) is 19.3. The fraction of sp³-hybridized carbons (Fsp3) is 0.238. The normalized spacial score (nSPS) is 14.8. The van der Waals surface area contributed by atoms with Gasteiger partial charge in [0.1, 0.15) is 6.26 Å². The summed E-state index contributed by atoms with van der Waals surface area (Å²) in [6.07, 6.45) is 1.41. The maximum absolute atomic E-state index is 12.3. The lowest BCUT2D eigenvalue weighted by molar-refractivity contribution is 0.102. The maximum atomic E-state index is 12.3. The van der Waals surface area contributed by atoms with Gasteiger partial charge in [0.05, 0.1) is 17.3 Å². The summed E-state index contributed by atoms with van der Waals surface area (Å²) in [5.41, 5.74) is 2.08. The van der Waals surface area contributed by atoms with Crippen molar-refractivity contribution in [1.29, 1.82) is 0 Å². The third-order valence-electron chi connectivity index (χ3n) is 4.74. The molecule has 1 aliphatic rings. The number of amides is 1. The lowest BCUT2D eigenvalue weighted by Crippen LogP contribution is -2.46. The van der Waals surface area contributed by atoms with E-state index in [2.05, 4.69) is 20.1 Å². The summed E-state index contributed by atoms with van der Waals surface area (Å²) in [5, 5.41) is 3.59. The van der Waals surface area contributed by atoms with Crippen molar-refractivity contribution < 1.29 is 9.21 Å². The number of carbonyl (C=O) groups excluding carboxylic acids is 1. The molecule has 2 aromatic carbocycles. The Bertz CT molecular complexity index is 936. The van der Waals surface area contributed by atoms with Crippen molar-refractivity contribution in [3.05, 3.63) is 77.5 Å². The average Bonchev–Trinajstić information content (AvgIpc) is 3.19. The molecule has 28 heavy (non-hydrogen) atoms. The molecule has 1 saturated heterocycles. The number of rotatable bonds is 5. The van der Waals surface area contributed by atoms with Gasteiger partial charge in [0.2, 0.25) is 5.89 Å². The number of hydrogen-bond donors (Lipinski definition) is 1. The van der Waals surface area contributed by atoms with Crippen LogP contribution in [0, 0.1) is 0 Å². The highest BCUT2D eigenvalue weighted by molar-refractivity contribution is 6.33. The number of benzene rings is 2. The third kappa shape index (κ3) is 4.35. The molecule has 1 amide bonds. The lowest BCUT2D eigenvalue weighted by atomic mass is 10.2. The topological polar surface area (TPSA) is 61.6 Å². The molecule has 0 atom stereocenters. The van der Waals surface area contributed by atoms with Crippen molar-refractivity contribution in [2.45, 2.75) is 6.54 Å². The van der Waals surface area contributed by atoms with Crippen molar-refractivity contribution in [1.82, 2.24) is 9.88 Å². The van der Waals surface area contributed by atoms with Crippen molar-refractivity contribution in [3.63, 3.8) is 0 Å². The number of aromatic nitrogens is 1. The lowest BCUT2D eigenvalue weighted by Gasteiger charge is -2.35. The monoisotopic (exact) mass is 396 g/mol. The van der Waals surface area contributed by atoms with Crippen LogP contribution in [0.15, 0.2) is 65.3 Å². The van der Waals surface area contributed by atoms with Gasteiger partial charge >= 0.3 is 0 Å². The fourth-order valence-corrected chi connectivity index (χ4v) is 3.51. The highest BCUT2D eigenvalue weighted by Crippen LogP contribution is 2.26. The molecule has 1 fully saturated rings. The van der Waals surface area contributed by atoms with Crippen molar-refractivity contribution >= 4 is 28.9 Å². The Balaban J connectivity index is 1.31. The molecule has 0 spiro atoms. The standard InChI is InChI=1S/C21H21ClN4O2/c22-17-8-4-5-9-19(17)26-12-10-25(11-13-26)14-20-24-18(15-28-20)21(27)23-16-6-2-1-3-7-16/h1-9,15H,10-14H2,(H,23,27). The number of hydrogen-bond acceptors (Lipinski definition) is 5. The second-order valence-corrected chi connectivity index (χ2v) is 7.07. The number of nitrogens with zero attached hydrogens (tertiary/aromatic N) is 3. The van der Waals surface area contributed by atoms with Crippen LogP contribution in [-0.4, -0.2) is 42.0 Å². The summed E-state index contributed by atoms with van der Waals surface area (Å²) in [6.45, 7) is 4.09. The molecular weight excluding hydrogens is 376 g/mol. The molecule has 0 saturated carbocycles. The van der Waals surface area contributed by atoms with E-state index in [4.69, 9.17) is 16.0 Å². The predicted molar refractivity (Wildman–Crippen MR) is 110 cm³/mol. The summed E-state index contributed by atoms with van der Waals surface area (Å²) in [7, 11) is 0. The van der Waals surface area contributed by atoms with Gasteiger partial charge in [-0.1, -0.05) is 41.9 Å².